The maximum Gasteiger partial charge on any atom is 0.238 e. The second kappa shape index (κ2) is 8.07. The molecule has 0 atom stereocenters. The Balaban J connectivity index is 1.76. The van der Waals surface area contributed by atoms with Gasteiger partial charge in [-0.05, 0) is 24.6 Å². The van der Waals surface area contributed by atoms with Crippen molar-refractivity contribution in [2.75, 3.05) is 37.3 Å². The van der Waals surface area contributed by atoms with Crippen LogP contribution in [0, 0.1) is 0 Å². The molecule has 0 bridgehead atoms. The van der Waals surface area contributed by atoms with Crippen LogP contribution in [0.15, 0.2) is 33.4 Å². The lowest BCUT2D eigenvalue weighted by Crippen LogP contribution is -2.46. The highest BCUT2D eigenvalue weighted by atomic mass is 32.2. The number of nitrogens with zero attached hydrogens (tertiary/aromatic N) is 3. The van der Waals surface area contributed by atoms with Gasteiger partial charge in [-0.3, -0.25) is 4.90 Å². The van der Waals surface area contributed by atoms with Gasteiger partial charge in [0.2, 0.25) is 10.0 Å². The molecule has 0 aliphatic carbocycles. The van der Waals surface area contributed by atoms with Crippen LogP contribution in [0.1, 0.15) is 17.6 Å². The second-order valence-corrected chi connectivity index (χ2v) is 11.3. The predicted molar refractivity (Wildman–Crippen MR) is 110 cm³/mol. The lowest BCUT2D eigenvalue weighted by Gasteiger charge is -2.36. The number of hydrogen-bond acceptors (Lipinski definition) is 8. The maximum atomic E-state index is 12.2. The topological polar surface area (TPSA) is 114 Å². The highest BCUT2D eigenvalue weighted by Crippen LogP contribution is 2.29. The molecule has 0 spiro atoms. The predicted octanol–water partition coefficient (Wildman–Crippen LogP) is 1.08. The number of rotatable bonds is 6. The Morgan fingerprint density at radius 2 is 1.82 bits per heavy atom. The molecule has 11 heteroatoms. The van der Waals surface area contributed by atoms with Gasteiger partial charge in [-0.2, -0.15) is 0 Å². The van der Waals surface area contributed by atoms with Crippen LogP contribution in [0.5, 0.6) is 0 Å². The Morgan fingerprint density at radius 1 is 1.14 bits per heavy atom. The summed E-state index contributed by atoms with van der Waals surface area (Å²) in [7, 11) is -7.59. The molecule has 3 rings (SSSR count). The number of hydrogen-bond donors (Lipinski definition) is 1. The number of benzene rings is 1. The molecular formula is C17H24N4O4S3. The monoisotopic (exact) mass is 444 g/mol. The van der Waals surface area contributed by atoms with Crippen molar-refractivity contribution < 1.29 is 16.8 Å². The molecule has 1 aromatic carbocycles. The van der Waals surface area contributed by atoms with Crippen LogP contribution in [-0.4, -0.2) is 59.2 Å². The number of sulfone groups is 1. The summed E-state index contributed by atoms with van der Waals surface area (Å²) in [6.45, 7) is 5.66. The number of aromatic nitrogens is 1. The van der Waals surface area contributed by atoms with Gasteiger partial charge in [-0.1, -0.05) is 6.92 Å². The SMILES string of the molecule is CCc1nc(CN2CCN(c3ccc(S(N)(=O)=O)cc3S(C)(=O)=O)CC2)cs1. The van der Waals surface area contributed by atoms with Gasteiger partial charge in [-0.25, -0.2) is 27.0 Å². The van der Waals surface area contributed by atoms with Gasteiger partial charge in [0.25, 0.3) is 0 Å². The first-order valence-corrected chi connectivity index (χ1v) is 13.2. The van der Waals surface area contributed by atoms with Crippen molar-refractivity contribution in [3.63, 3.8) is 0 Å². The van der Waals surface area contributed by atoms with Gasteiger partial charge in [0, 0.05) is 44.4 Å². The van der Waals surface area contributed by atoms with Crippen molar-refractivity contribution in [2.45, 2.75) is 29.7 Å². The van der Waals surface area contributed by atoms with Gasteiger partial charge in [0.1, 0.15) is 0 Å². The third-order valence-electron chi connectivity index (χ3n) is 4.66. The van der Waals surface area contributed by atoms with Gasteiger partial charge >= 0.3 is 0 Å². The minimum atomic E-state index is -3.97. The van der Waals surface area contributed by atoms with Crippen molar-refractivity contribution in [3.05, 3.63) is 34.3 Å². The molecule has 0 radical (unpaired) electrons. The molecule has 2 heterocycles. The van der Waals surface area contributed by atoms with E-state index in [2.05, 4.69) is 22.2 Å². The summed E-state index contributed by atoms with van der Waals surface area (Å²) in [6.07, 6.45) is 2.00. The summed E-state index contributed by atoms with van der Waals surface area (Å²) in [4.78, 5) is 8.63. The van der Waals surface area contributed by atoms with Crippen LogP contribution in [-0.2, 0) is 32.8 Å². The molecule has 1 aliphatic rings. The number of nitrogens with two attached hydrogens (primary N) is 1. The number of anilines is 1. The Kier molecular flexibility index (Phi) is 6.11. The summed E-state index contributed by atoms with van der Waals surface area (Å²) in [6, 6.07) is 4.03. The summed E-state index contributed by atoms with van der Waals surface area (Å²) in [5.41, 5.74) is 1.57. The Morgan fingerprint density at radius 3 is 2.36 bits per heavy atom. The smallest absolute Gasteiger partial charge is 0.238 e. The first kappa shape index (κ1) is 21.2. The normalized spacial score (nSPS) is 16.5. The van der Waals surface area contributed by atoms with Crippen molar-refractivity contribution >= 4 is 36.9 Å². The molecule has 0 amide bonds. The second-order valence-electron chi connectivity index (χ2n) is 6.80. The van der Waals surface area contributed by atoms with E-state index >= 15 is 0 Å². The molecule has 0 saturated carbocycles. The van der Waals surface area contributed by atoms with Gasteiger partial charge < -0.3 is 4.90 Å². The zero-order valence-corrected chi connectivity index (χ0v) is 18.3. The minimum absolute atomic E-state index is 0.0143. The molecule has 154 valence electrons. The molecule has 1 saturated heterocycles. The maximum absolute atomic E-state index is 12.2. The van der Waals surface area contributed by atoms with E-state index in [0.29, 0.717) is 18.8 Å². The minimum Gasteiger partial charge on any atom is -0.368 e. The fraction of sp³-hybridized carbons (Fsp3) is 0.471. The van der Waals surface area contributed by atoms with E-state index in [1.54, 1.807) is 11.3 Å². The lowest BCUT2D eigenvalue weighted by molar-refractivity contribution is 0.247. The van der Waals surface area contributed by atoms with E-state index in [1.807, 2.05) is 4.90 Å². The molecule has 28 heavy (non-hydrogen) atoms. The quantitative estimate of drug-likeness (QED) is 0.709. The molecule has 1 aliphatic heterocycles. The highest BCUT2D eigenvalue weighted by Gasteiger charge is 2.25. The fourth-order valence-electron chi connectivity index (χ4n) is 3.19. The van der Waals surface area contributed by atoms with Crippen molar-refractivity contribution in [1.82, 2.24) is 9.88 Å². The number of aryl methyl sites for hydroxylation is 1. The van der Waals surface area contributed by atoms with E-state index < -0.39 is 19.9 Å². The zero-order valence-electron chi connectivity index (χ0n) is 15.8. The summed E-state index contributed by atoms with van der Waals surface area (Å²) in [5.74, 6) is 0. The first-order valence-electron chi connectivity index (χ1n) is 8.85. The van der Waals surface area contributed by atoms with E-state index in [0.717, 1.165) is 49.1 Å². The van der Waals surface area contributed by atoms with E-state index in [1.165, 1.54) is 12.1 Å². The largest absolute Gasteiger partial charge is 0.368 e. The average Bonchev–Trinajstić information content (AvgIpc) is 3.08. The van der Waals surface area contributed by atoms with Crippen molar-refractivity contribution in [3.8, 4) is 0 Å². The van der Waals surface area contributed by atoms with E-state index in [-0.39, 0.29) is 9.79 Å². The molecule has 1 fully saturated rings. The fourth-order valence-corrected chi connectivity index (χ4v) is 5.46. The Labute approximate surface area is 170 Å². The zero-order chi connectivity index (χ0) is 20.5. The van der Waals surface area contributed by atoms with Crippen molar-refractivity contribution in [1.29, 1.82) is 0 Å². The van der Waals surface area contributed by atoms with Crippen molar-refractivity contribution in [2.24, 2.45) is 5.14 Å². The van der Waals surface area contributed by atoms with Gasteiger partial charge in [-0.15, -0.1) is 11.3 Å². The van der Waals surface area contributed by atoms with E-state index in [9.17, 15) is 16.8 Å². The standard InChI is InChI=1S/C17H24N4O4S3/c1-3-17-19-13(12-26-17)11-20-6-8-21(9-7-20)15-5-4-14(28(18,24)25)10-16(15)27(2,22)23/h4-5,10,12H,3,6-9,11H2,1-2H3,(H2,18,24,25). The highest BCUT2D eigenvalue weighted by molar-refractivity contribution is 7.91. The molecule has 8 nitrogen and oxygen atoms in total. The van der Waals surface area contributed by atoms with Gasteiger partial charge in [0.05, 0.1) is 26.2 Å². The first-order chi connectivity index (χ1) is 13.1. The van der Waals surface area contributed by atoms with Crippen LogP contribution in [0.3, 0.4) is 0 Å². The number of piperazine rings is 1. The van der Waals surface area contributed by atoms with Crippen LogP contribution in [0.4, 0.5) is 5.69 Å². The third kappa shape index (κ3) is 4.90. The Bertz CT molecular complexity index is 1060. The number of thiazole rings is 1. The molecule has 2 aromatic rings. The van der Waals surface area contributed by atoms with Crippen LogP contribution >= 0.6 is 11.3 Å². The summed E-state index contributed by atoms with van der Waals surface area (Å²) in [5, 5.41) is 8.36. The lowest BCUT2D eigenvalue weighted by atomic mass is 10.2. The molecular weight excluding hydrogens is 420 g/mol. The van der Waals surface area contributed by atoms with E-state index in [4.69, 9.17) is 5.14 Å². The summed E-state index contributed by atoms with van der Waals surface area (Å²) < 4.78 is 47.7. The molecule has 1 aromatic heterocycles. The van der Waals surface area contributed by atoms with Crippen LogP contribution < -0.4 is 10.0 Å². The van der Waals surface area contributed by atoms with Gasteiger partial charge in [0.15, 0.2) is 9.84 Å². The third-order valence-corrected chi connectivity index (χ3v) is 7.74. The number of sulfonamides is 1. The summed E-state index contributed by atoms with van der Waals surface area (Å²) >= 11 is 1.67. The van der Waals surface area contributed by atoms with Crippen LogP contribution in [0.25, 0.3) is 0 Å². The Hall–Kier alpha value is -1.53. The number of primary sulfonamides is 1. The molecule has 2 N–H and O–H groups in total. The van der Waals surface area contributed by atoms with Crippen LogP contribution in [0.2, 0.25) is 0 Å². The molecule has 0 unspecified atom stereocenters. The average molecular weight is 445 g/mol.